The molecular weight excluding hydrogens is 1160 g/mol. The molecule has 10 aromatic carbocycles. The van der Waals surface area contributed by atoms with Crippen molar-refractivity contribution in [3.05, 3.63) is 272 Å². The summed E-state index contributed by atoms with van der Waals surface area (Å²) in [7, 11) is -7.02. The Labute approximate surface area is 486 Å². The molecule has 0 fully saturated rings. The van der Waals surface area contributed by atoms with Gasteiger partial charge in [-0.2, -0.15) is 0 Å². The van der Waals surface area contributed by atoms with Gasteiger partial charge in [-0.25, -0.2) is 16.8 Å². The fourth-order valence-electron chi connectivity index (χ4n) is 13.1. The molecule has 396 valence electrons. The van der Waals surface area contributed by atoms with Gasteiger partial charge in [-0.3, -0.25) is 0 Å². The Hall–Kier alpha value is -7.34. The van der Waals surface area contributed by atoms with E-state index < -0.39 is 19.7 Å². The molecular formula is C70H56Br2N2O4S2. The molecule has 15 rings (SSSR count). The molecule has 6 nitrogen and oxygen atoms in total. The van der Waals surface area contributed by atoms with Crippen molar-refractivity contribution in [3.63, 3.8) is 0 Å². The van der Waals surface area contributed by atoms with Crippen LogP contribution >= 0.6 is 31.9 Å². The lowest BCUT2D eigenvalue weighted by Gasteiger charge is -2.42. The van der Waals surface area contributed by atoms with Gasteiger partial charge in [-0.15, -0.1) is 0 Å². The van der Waals surface area contributed by atoms with E-state index in [4.69, 9.17) is 0 Å². The highest BCUT2D eigenvalue weighted by atomic mass is 79.9. The van der Waals surface area contributed by atoms with E-state index in [0.29, 0.717) is 19.6 Å². The van der Waals surface area contributed by atoms with Crippen molar-refractivity contribution < 1.29 is 16.8 Å². The quantitative estimate of drug-likeness (QED) is 0.172. The number of sulfone groups is 2. The van der Waals surface area contributed by atoms with Crippen LogP contribution < -0.4 is 9.80 Å². The van der Waals surface area contributed by atoms with Crippen molar-refractivity contribution in [2.75, 3.05) is 9.80 Å². The number of hydrogen-bond acceptors (Lipinski definition) is 6. The van der Waals surface area contributed by atoms with Gasteiger partial charge in [0.1, 0.15) is 0 Å². The summed E-state index contributed by atoms with van der Waals surface area (Å²) in [6.45, 7) is 13.7. The van der Waals surface area contributed by atoms with Gasteiger partial charge in [-0.05, 0) is 148 Å². The molecule has 1 aliphatic carbocycles. The van der Waals surface area contributed by atoms with Crippen LogP contribution in [0.5, 0.6) is 0 Å². The molecule has 4 aliphatic heterocycles. The van der Waals surface area contributed by atoms with Crippen molar-refractivity contribution in [3.8, 4) is 22.3 Å². The average molecular weight is 1210 g/mol. The highest BCUT2D eigenvalue weighted by molar-refractivity contribution is 9.10. The van der Waals surface area contributed by atoms with Gasteiger partial charge in [-0.1, -0.05) is 195 Å². The molecule has 0 saturated heterocycles. The van der Waals surface area contributed by atoms with Crippen molar-refractivity contribution in [1.29, 1.82) is 0 Å². The second-order valence-corrected chi connectivity index (χ2v) is 28.4. The van der Waals surface area contributed by atoms with Crippen LogP contribution in [0, 0.1) is 0 Å². The highest BCUT2D eigenvalue weighted by Crippen LogP contribution is 2.56. The lowest BCUT2D eigenvalue weighted by atomic mass is 9.69. The van der Waals surface area contributed by atoms with E-state index >= 15 is 0 Å². The third-order valence-electron chi connectivity index (χ3n) is 17.1. The summed E-state index contributed by atoms with van der Waals surface area (Å²) in [6, 6.07) is 73.8. The number of halogens is 2. The predicted molar refractivity (Wildman–Crippen MR) is 331 cm³/mol. The standard InChI is InChI=1S/C42H34N2O2S.C16H16.C12H6Br2O2S/c1-41(2)31-13-5-9-17-35(31)43(36-18-10-6-14-32(36)41)27-21-23-39-29(25-27)30-26-28(22-24-40(30)47(39,45)46)44-37-19-11-7-15-33(37)42(3,4)34-16-8-12-20-38(34)44;1-16(2)14-9-5-3-7-12(14)11-13-8-4-6-10-15(13)16;13-7-1-3-11-9(5-7)10-6-8(14)2-4-12(10)17(11,15)16/h5-26H,1-4H3;3-10H,11H2,1-2H3;1-6H. The van der Waals surface area contributed by atoms with Crippen LogP contribution in [0.1, 0.15) is 86.1 Å². The van der Waals surface area contributed by atoms with E-state index in [9.17, 15) is 16.8 Å². The fourth-order valence-corrected chi connectivity index (χ4v) is 17.2. The summed E-state index contributed by atoms with van der Waals surface area (Å²) in [5.74, 6) is 0. The third-order valence-corrected chi connectivity index (χ3v) is 21.8. The average Bonchev–Trinajstić information content (AvgIpc) is 3.81. The lowest BCUT2D eigenvalue weighted by Crippen LogP contribution is -2.30. The van der Waals surface area contributed by atoms with Crippen LogP contribution in [-0.4, -0.2) is 16.8 Å². The molecule has 0 N–H and O–H groups in total. The zero-order valence-corrected chi connectivity index (χ0v) is 49.9. The first-order valence-corrected chi connectivity index (χ1v) is 31.4. The minimum Gasteiger partial charge on any atom is -0.310 e. The van der Waals surface area contributed by atoms with Crippen LogP contribution in [0.25, 0.3) is 22.3 Å². The van der Waals surface area contributed by atoms with Gasteiger partial charge >= 0.3 is 0 Å². The summed E-state index contributed by atoms with van der Waals surface area (Å²) < 4.78 is 54.3. The number of nitrogens with zero attached hydrogens (tertiary/aromatic N) is 2. The van der Waals surface area contributed by atoms with E-state index in [0.717, 1.165) is 71.7 Å². The molecule has 0 saturated carbocycles. The van der Waals surface area contributed by atoms with E-state index in [1.807, 2.05) is 24.3 Å². The normalized spacial score (nSPS) is 16.6. The Kier molecular flexibility index (Phi) is 12.3. The Bertz CT molecular complexity index is 4100. The third kappa shape index (κ3) is 8.03. The zero-order chi connectivity index (χ0) is 55.7. The molecule has 0 atom stereocenters. The maximum absolute atomic E-state index is 14.0. The number of rotatable bonds is 2. The number of anilines is 6. The first kappa shape index (κ1) is 52.1. The molecule has 0 spiro atoms. The van der Waals surface area contributed by atoms with Gasteiger partial charge in [0.05, 0.1) is 42.3 Å². The molecule has 4 heterocycles. The Morgan fingerprint density at radius 2 is 0.588 bits per heavy atom. The number of fused-ring (bicyclic) bond motifs is 12. The topological polar surface area (TPSA) is 74.8 Å². The van der Waals surface area contributed by atoms with Crippen LogP contribution in [0.2, 0.25) is 0 Å². The SMILES string of the molecule is CC1(C)c2ccccc2Cc2ccccc21.CC1(C)c2ccccc2N(c2ccc3c(c2)-c2cc(N4c5ccccc5C(C)(C)c5ccccc54)ccc2S3(=O)=O)c2ccccc21.O=S1(=O)c2ccc(Br)cc2-c2cc(Br)ccc21. The van der Waals surface area contributed by atoms with Gasteiger partial charge < -0.3 is 9.80 Å². The van der Waals surface area contributed by atoms with Gasteiger partial charge in [0, 0.05) is 58.8 Å². The van der Waals surface area contributed by atoms with Gasteiger partial charge in [0.15, 0.2) is 0 Å². The second-order valence-electron chi connectivity index (χ2n) is 22.8. The first-order chi connectivity index (χ1) is 38.3. The van der Waals surface area contributed by atoms with Crippen molar-refractivity contribution in [1.82, 2.24) is 0 Å². The van der Waals surface area contributed by atoms with Crippen molar-refractivity contribution in [2.45, 2.75) is 83.8 Å². The van der Waals surface area contributed by atoms with Crippen molar-refractivity contribution >= 4 is 85.7 Å². The molecule has 0 aromatic heterocycles. The Morgan fingerprint density at radius 3 is 0.925 bits per heavy atom. The van der Waals surface area contributed by atoms with E-state index in [1.165, 1.54) is 44.5 Å². The molecule has 5 aliphatic rings. The summed E-state index contributed by atoms with van der Waals surface area (Å²) in [5, 5.41) is 0. The maximum Gasteiger partial charge on any atom is 0.207 e. The molecule has 10 heteroatoms. The fraction of sp³-hybridized carbons (Fsp3) is 0.143. The smallest absolute Gasteiger partial charge is 0.207 e. The zero-order valence-electron chi connectivity index (χ0n) is 45.1. The van der Waals surface area contributed by atoms with Crippen LogP contribution in [0.3, 0.4) is 0 Å². The Balaban J connectivity index is 0.000000148. The number of para-hydroxylation sites is 4. The van der Waals surface area contributed by atoms with Crippen LogP contribution in [0.4, 0.5) is 34.1 Å². The molecule has 10 aromatic rings. The first-order valence-electron chi connectivity index (χ1n) is 26.8. The van der Waals surface area contributed by atoms with Crippen molar-refractivity contribution in [2.24, 2.45) is 0 Å². The van der Waals surface area contributed by atoms with Gasteiger partial charge in [0.25, 0.3) is 0 Å². The summed E-state index contributed by atoms with van der Waals surface area (Å²) in [5.41, 5.74) is 19.9. The summed E-state index contributed by atoms with van der Waals surface area (Å²) >= 11 is 6.73. The molecule has 0 unspecified atom stereocenters. The highest BCUT2D eigenvalue weighted by Gasteiger charge is 2.41. The van der Waals surface area contributed by atoms with E-state index in [2.05, 4.69) is 241 Å². The Morgan fingerprint density at radius 1 is 0.325 bits per heavy atom. The number of hydrogen-bond donors (Lipinski definition) is 0. The lowest BCUT2D eigenvalue weighted by molar-refractivity contribution is 0.597. The maximum atomic E-state index is 14.0. The molecule has 80 heavy (non-hydrogen) atoms. The van der Waals surface area contributed by atoms with E-state index in [-0.39, 0.29) is 16.2 Å². The van der Waals surface area contributed by atoms with Crippen LogP contribution in [0.15, 0.2) is 247 Å². The van der Waals surface area contributed by atoms with E-state index in [1.54, 1.807) is 36.4 Å². The number of benzene rings is 10. The molecule has 0 radical (unpaired) electrons. The van der Waals surface area contributed by atoms with Crippen LogP contribution in [-0.2, 0) is 42.3 Å². The molecule has 0 bridgehead atoms. The minimum atomic E-state index is -3.68. The summed E-state index contributed by atoms with van der Waals surface area (Å²) in [4.78, 5) is 6.04. The minimum absolute atomic E-state index is 0.144. The predicted octanol–water partition coefficient (Wildman–Crippen LogP) is 18.7. The largest absolute Gasteiger partial charge is 0.310 e. The second kappa shape index (κ2) is 18.9. The summed E-state index contributed by atoms with van der Waals surface area (Å²) in [6.07, 6.45) is 1.08. The molecule has 0 amide bonds. The van der Waals surface area contributed by atoms with Gasteiger partial charge in [0.2, 0.25) is 19.7 Å². The monoisotopic (exact) mass is 1210 g/mol.